The second-order valence-electron chi connectivity index (χ2n) is 9.81. The van der Waals surface area contributed by atoms with Crippen molar-refractivity contribution in [3.63, 3.8) is 0 Å². The SMILES string of the molecule is Cc1cc(-c2ccc(C3CCN(CC4CCCCO4)CC3)cc2)sc1C(=O)N1CCCC1. The van der Waals surface area contributed by atoms with Gasteiger partial charge in [-0.05, 0) is 93.6 Å². The highest BCUT2D eigenvalue weighted by atomic mass is 32.1. The molecule has 32 heavy (non-hydrogen) atoms. The Balaban J connectivity index is 1.19. The highest BCUT2D eigenvalue weighted by Gasteiger charge is 2.25. The molecule has 4 nitrogen and oxygen atoms in total. The average Bonchev–Trinajstić information content (AvgIpc) is 3.50. The van der Waals surface area contributed by atoms with Crippen LogP contribution in [0.1, 0.15) is 71.7 Å². The molecule has 0 bridgehead atoms. The molecule has 5 rings (SSSR count). The molecule has 0 aliphatic carbocycles. The maximum Gasteiger partial charge on any atom is 0.264 e. The molecule has 0 spiro atoms. The van der Waals surface area contributed by atoms with Crippen LogP contribution in [-0.2, 0) is 4.74 Å². The van der Waals surface area contributed by atoms with Crippen LogP contribution in [0.5, 0.6) is 0 Å². The Morgan fingerprint density at radius 1 is 1.00 bits per heavy atom. The summed E-state index contributed by atoms with van der Waals surface area (Å²) in [7, 11) is 0. The maximum absolute atomic E-state index is 12.8. The normalized spacial score (nSPS) is 23.0. The van der Waals surface area contributed by atoms with Gasteiger partial charge < -0.3 is 14.5 Å². The van der Waals surface area contributed by atoms with Crippen LogP contribution < -0.4 is 0 Å². The summed E-state index contributed by atoms with van der Waals surface area (Å²) in [5, 5.41) is 0. The first kappa shape index (κ1) is 22.1. The fraction of sp³-hybridized carbons (Fsp3) is 0.593. The van der Waals surface area contributed by atoms with Gasteiger partial charge in [0, 0.05) is 31.1 Å². The van der Waals surface area contributed by atoms with Crippen LogP contribution in [0.4, 0.5) is 0 Å². The topological polar surface area (TPSA) is 32.8 Å². The largest absolute Gasteiger partial charge is 0.377 e. The van der Waals surface area contributed by atoms with Crippen molar-refractivity contribution >= 4 is 17.2 Å². The Labute approximate surface area is 196 Å². The van der Waals surface area contributed by atoms with Gasteiger partial charge >= 0.3 is 0 Å². The van der Waals surface area contributed by atoms with E-state index < -0.39 is 0 Å². The molecule has 0 radical (unpaired) electrons. The molecule has 1 unspecified atom stereocenters. The molecule has 5 heteroatoms. The molecule has 0 N–H and O–H groups in total. The van der Waals surface area contributed by atoms with Crippen molar-refractivity contribution in [2.24, 2.45) is 0 Å². The van der Waals surface area contributed by atoms with E-state index in [1.807, 2.05) is 4.90 Å². The van der Waals surface area contributed by atoms with Gasteiger partial charge in [-0.3, -0.25) is 4.79 Å². The zero-order chi connectivity index (χ0) is 21.9. The van der Waals surface area contributed by atoms with E-state index in [1.165, 1.54) is 61.2 Å². The molecule has 3 aliphatic rings. The minimum absolute atomic E-state index is 0.221. The molecule has 3 aliphatic heterocycles. The second-order valence-corrected chi connectivity index (χ2v) is 10.9. The van der Waals surface area contributed by atoms with Crippen molar-refractivity contribution in [2.75, 3.05) is 39.3 Å². The van der Waals surface area contributed by atoms with Crippen LogP contribution in [0.3, 0.4) is 0 Å². The van der Waals surface area contributed by atoms with Crippen LogP contribution in [0.25, 0.3) is 10.4 Å². The van der Waals surface area contributed by atoms with Crippen molar-refractivity contribution < 1.29 is 9.53 Å². The zero-order valence-corrected chi connectivity index (χ0v) is 20.2. The number of ether oxygens (including phenoxy) is 1. The third-order valence-corrected chi connectivity index (χ3v) is 8.77. The van der Waals surface area contributed by atoms with Crippen LogP contribution in [0, 0.1) is 6.92 Å². The Morgan fingerprint density at radius 2 is 1.75 bits per heavy atom. The van der Waals surface area contributed by atoms with Gasteiger partial charge in [0.15, 0.2) is 0 Å². The molecule has 1 aromatic carbocycles. The van der Waals surface area contributed by atoms with E-state index in [4.69, 9.17) is 4.74 Å². The van der Waals surface area contributed by atoms with E-state index in [2.05, 4.69) is 42.2 Å². The van der Waals surface area contributed by atoms with Crippen LogP contribution in [0.15, 0.2) is 30.3 Å². The smallest absolute Gasteiger partial charge is 0.264 e. The number of thiophene rings is 1. The average molecular weight is 453 g/mol. The van der Waals surface area contributed by atoms with Crippen molar-refractivity contribution in [1.29, 1.82) is 0 Å². The number of carbonyl (C=O) groups excluding carboxylic acids is 1. The van der Waals surface area contributed by atoms with E-state index in [9.17, 15) is 4.79 Å². The summed E-state index contributed by atoms with van der Waals surface area (Å²) < 4.78 is 5.94. The Morgan fingerprint density at radius 3 is 2.44 bits per heavy atom. The highest BCUT2D eigenvalue weighted by molar-refractivity contribution is 7.17. The van der Waals surface area contributed by atoms with Crippen molar-refractivity contribution in [2.45, 2.75) is 63.9 Å². The molecule has 1 aromatic heterocycles. The lowest BCUT2D eigenvalue weighted by Gasteiger charge is -2.35. The van der Waals surface area contributed by atoms with Gasteiger partial charge in [-0.2, -0.15) is 0 Å². The lowest BCUT2D eigenvalue weighted by Crippen LogP contribution is -2.40. The number of carbonyl (C=O) groups is 1. The summed E-state index contributed by atoms with van der Waals surface area (Å²) in [4.78, 5) is 19.6. The maximum atomic E-state index is 12.8. The number of benzene rings is 1. The predicted octanol–water partition coefficient (Wildman–Crippen LogP) is 5.71. The summed E-state index contributed by atoms with van der Waals surface area (Å²) in [5.41, 5.74) is 3.80. The lowest BCUT2D eigenvalue weighted by atomic mass is 9.88. The van der Waals surface area contributed by atoms with Gasteiger partial charge in [0.25, 0.3) is 5.91 Å². The number of hydrogen-bond acceptors (Lipinski definition) is 4. The zero-order valence-electron chi connectivity index (χ0n) is 19.4. The molecule has 3 saturated heterocycles. The monoisotopic (exact) mass is 452 g/mol. The summed E-state index contributed by atoms with van der Waals surface area (Å²) >= 11 is 1.66. The minimum Gasteiger partial charge on any atom is -0.377 e. The first-order valence-corrected chi connectivity index (χ1v) is 13.3. The standard InChI is InChI=1S/C27H36N2O2S/c1-20-18-25(32-26(20)27(30)29-13-3-4-14-29)23-9-7-21(8-10-23)22-11-15-28(16-12-22)19-24-6-2-5-17-31-24/h7-10,18,22,24H,2-6,11-17,19H2,1H3. The van der Waals surface area contributed by atoms with Crippen molar-refractivity contribution in [1.82, 2.24) is 9.80 Å². The fourth-order valence-corrected chi connectivity index (χ4v) is 6.65. The number of hydrogen-bond donors (Lipinski definition) is 0. The second kappa shape index (κ2) is 10.1. The molecule has 2 aromatic rings. The first-order valence-electron chi connectivity index (χ1n) is 12.5. The van der Waals surface area contributed by atoms with Crippen molar-refractivity contribution in [3.05, 3.63) is 46.3 Å². The van der Waals surface area contributed by atoms with Gasteiger partial charge in [0.05, 0.1) is 11.0 Å². The highest BCUT2D eigenvalue weighted by Crippen LogP contribution is 2.35. The molecule has 0 saturated carbocycles. The molecule has 172 valence electrons. The Hall–Kier alpha value is -1.69. The number of amides is 1. The molecule has 3 fully saturated rings. The van der Waals surface area contributed by atoms with E-state index in [1.54, 1.807) is 11.3 Å². The number of likely N-dealkylation sites (tertiary alicyclic amines) is 2. The third kappa shape index (κ3) is 4.95. The molecular weight excluding hydrogens is 416 g/mol. The molecule has 1 atom stereocenters. The number of rotatable bonds is 5. The van der Waals surface area contributed by atoms with Gasteiger partial charge in [-0.25, -0.2) is 0 Å². The van der Waals surface area contributed by atoms with Gasteiger partial charge in [0.1, 0.15) is 0 Å². The number of piperidine rings is 1. The molecule has 4 heterocycles. The molecule has 1 amide bonds. The van der Waals surface area contributed by atoms with Crippen LogP contribution in [0.2, 0.25) is 0 Å². The minimum atomic E-state index is 0.221. The van der Waals surface area contributed by atoms with Crippen molar-refractivity contribution in [3.8, 4) is 10.4 Å². The van der Waals surface area contributed by atoms with E-state index >= 15 is 0 Å². The van der Waals surface area contributed by atoms with Gasteiger partial charge in [-0.15, -0.1) is 11.3 Å². The quantitative estimate of drug-likeness (QED) is 0.583. The Kier molecular flexibility index (Phi) is 6.96. The predicted molar refractivity (Wildman–Crippen MR) is 132 cm³/mol. The fourth-order valence-electron chi connectivity index (χ4n) is 5.51. The summed E-state index contributed by atoms with van der Waals surface area (Å²) in [6.45, 7) is 8.31. The first-order chi connectivity index (χ1) is 15.7. The van der Waals surface area contributed by atoms with E-state index in [0.717, 1.165) is 49.5 Å². The number of nitrogens with zero attached hydrogens (tertiary/aromatic N) is 2. The third-order valence-electron chi connectivity index (χ3n) is 7.50. The summed E-state index contributed by atoms with van der Waals surface area (Å²) in [6.07, 6.45) is 8.99. The Bertz CT molecular complexity index is 902. The molecular formula is C27H36N2O2S. The van der Waals surface area contributed by atoms with Gasteiger partial charge in [0.2, 0.25) is 0 Å². The van der Waals surface area contributed by atoms with Crippen LogP contribution >= 0.6 is 11.3 Å². The van der Waals surface area contributed by atoms with Crippen LogP contribution in [-0.4, -0.2) is 61.1 Å². The van der Waals surface area contributed by atoms with E-state index in [0.29, 0.717) is 12.0 Å². The van der Waals surface area contributed by atoms with Gasteiger partial charge in [-0.1, -0.05) is 24.3 Å². The summed E-state index contributed by atoms with van der Waals surface area (Å²) in [5.74, 6) is 0.878. The lowest BCUT2D eigenvalue weighted by molar-refractivity contribution is -0.00950. The summed E-state index contributed by atoms with van der Waals surface area (Å²) in [6, 6.07) is 11.3. The van der Waals surface area contributed by atoms with E-state index in [-0.39, 0.29) is 5.91 Å². The number of aryl methyl sites for hydroxylation is 1.